The first-order valence-electron chi connectivity index (χ1n) is 19.2. The number of benzene rings is 2. The summed E-state index contributed by atoms with van der Waals surface area (Å²) in [6.45, 7) is 4.94. The van der Waals surface area contributed by atoms with Gasteiger partial charge in [0.05, 0.1) is 28.9 Å². The van der Waals surface area contributed by atoms with Gasteiger partial charge in [-0.15, -0.1) is 0 Å². The van der Waals surface area contributed by atoms with E-state index in [1.807, 2.05) is 0 Å². The fourth-order valence-electron chi connectivity index (χ4n) is 7.87. The van der Waals surface area contributed by atoms with Gasteiger partial charge in [-0.3, -0.25) is 24.0 Å². The maximum atomic E-state index is 14.5. The number of carbonyl (C=O) groups is 5. The molecule has 0 aromatic heterocycles. The minimum absolute atomic E-state index is 0.0189. The quantitative estimate of drug-likeness (QED) is 0.328. The summed E-state index contributed by atoms with van der Waals surface area (Å²) in [5, 5.41) is 5.87. The van der Waals surface area contributed by atoms with Crippen LogP contribution in [0.15, 0.2) is 36.4 Å². The number of ether oxygens (including phenoxy) is 2. The summed E-state index contributed by atoms with van der Waals surface area (Å²) in [4.78, 5) is 71.7. The van der Waals surface area contributed by atoms with Crippen LogP contribution >= 0.6 is 23.2 Å². The van der Waals surface area contributed by atoms with Gasteiger partial charge in [-0.05, 0) is 75.3 Å². The zero-order valence-corrected chi connectivity index (χ0v) is 34.4. The van der Waals surface area contributed by atoms with E-state index in [2.05, 4.69) is 15.4 Å². The number of halogens is 3. The van der Waals surface area contributed by atoms with Gasteiger partial charge in [0.25, 0.3) is 5.91 Å². The summed E-state index contributed by atoms with van der Waals surface area (Å²) in [7, 11) is -4.27. The lowest BCUT2D eigenvalue weighted by Crippen LogP contribution is -2.58. The zero-order chi connectivity index (χ0) is 41.3. The molecule has 5 atom stereocenters. The van der Waals surface area contributed by atoms with Gasteiger partial charge in [0.15, 0.2) is 0 Å². The predicted octanol–water partition coefficient (Wildman–Crippen LogP) is 5.71. The molecule has 4 aliphatic rings. The van der Waals surface area contributed by atoms with Gasteiger partial charge >= 0.3 is 12.2 Å². The highest BCUT2D eigenvalue weighted by atomic mass is 35.5. The maximum absolute atomic E-state index is 14.5. The van der Waals surface area contributed by atoms with E-state index in [1.165, 1.54) is 34.1 Å². The van der Waals surface area contributed by atoms with E-state index < -0.39 is 80.8 Å². The first-order valence-corrected chi connectivity index (χ1v) is 21.6. The molecule has 2 aromatic rings. The van der Waals surface area contributed by atoms with Crippen LogP contribution in [-0.2, 0) is 52.7 Å². The normalized spacial score (nSPS) is 25.5. The van der Waals surface area contributed by atoms with Crippen molar-refractivity contribution < 1.29 is 46.3 Å². The molecule has 0 bridgehead atoms. The SMILES string of the molecule is CC(C)(C)OC(=O)N[C@H]1CCCCCCC[C@@H]2C[C@@]2(C(=O)NS(=O)(=O)Cc2ccc(Cl)c(Cl)c2)NC(=O)[C@@H]2C[C@@H](OC(=O)N3Cc4cccc(F)c4C3)CN2C1=O. The Labute approximate surface area is 341 Å². The fraction of sp³-hybridized carbons (Fsp3) is 0.564. The summed E-state index contributed by atoms with van der Waals surface area (Å²) in [6, 6.07) is 6.53. The Morgan fingerprint density at radius 1 is 1.00 bits per heavy atom. The third-order valence-corrected chi connectivity index (χ3v) is 12.7. The van der Waals surface area contributed by atoms with E-state index >= 15 is 0 Å². The molecule has 2 saturated heterocycles. The van der Waals surface area contributed by atoms with Crippen LogP contribution < -0.4 is 15.4 Å². The minimum Gasteiger partial charge on any atom is -0.444 e. The molecule has 18 heteroatoms. The third kappa shape index (κ3) is 10.3. The number of alkyl carbamates (subject to hydrolysis) is 1. The number of fused-ring (bicyclic) bond motifs is 3. The molecule has 0 unspecified atom stereocenters. The Bertz CT molecular complexity index is 2030. The highest BCUT2D eigenvalue weighted by Gasteiger charge is 2.62. The highest BCUT2D eigenvalue weighted by molar-refractivity contribution is 7.89. The van der Waals surface area contributed by atoms with Crippen LogP contribution in [0.3, 0.4) is 0 Å². The first-order chi connectivity index (χ1) is 26.8. The van der Waals surface area contributed by atoms with Gasteiger partial charge < -0.3 is 25.0 Å². The number of amides is 5. The van der Waals surface area contributed by atoms with E-state index in [4.69, 9.17) is 32.7 Å². The summed E-state index contributed by atoms with van der Waals surface area (Å²) < 4.78 is 54.5. The lowest BCUT2D eigenvalue weighted by atomic mass is 10.0. The average molecular weight is 853 g/mol. The number of hydrogen-bond acceptors (Lipinski definition) is 9. The monoisotopic (exact) mass is 851 g/mol. The largest absolute Gasteiger partial charge is 0.444 e. The second-order valence-electron chi connectivity index (χ2n) is 16.3. The van der Waals surface area contributed by atoms with Gasteiger partial charge in [-0.1, -0.05) is 73.5 Å². The van der Waals surface area contributed by atoms with Crippen molar-refractivity contribution in [3.8, 4) is 0 Å². The Morgan fingerprint density at radius 3 is 2.42 bits per heavy atom. The molecule has 3 aliphatic heterocycles. The van der Waals surface area contributed by atoms with Crippen LogP contribution in [0.25, 0.3) is 0 Å². The summed E-state index contributed by atoms with van der Waals surface area (Å²) in [5.41, 5.74) is -1.14. The zero-order valence-electron chi connectivity index (χ0n) is 32.1. The number of nitrogens with one attached hydrogen (secondary N) is 3. The Hall–Kier alpha value is -4.15. The molecule has 5 amide bonds. The molecule has 57 heavy (non-hydrogen) atoms. The molecular weight excluding hydrogens is 804 g/mol. The average Bonchev–Trinajstić information content (AvgIpc) is 3.40. The topological polar surface area (TPSA) is 181 Å². The van der Waals surface area contributed by atoms with Crippen LogP contribution in [0.2, 0.25) is 10.0 Å². The van der Waals surface area contributed by atoms with E-state index in [0.29, 0.717) is 36.0 Å². The number of rotatable bonds is 6. The van der Waals surface area contributed by atoms with E-state index in [-0.39, 0.29) is 54.9 Å². The molecule has 0 radical (unpaired) electrons. The van der Waals surface area contributed by atoms with Crippen molar-refractivity contribution in [2.24, 2.45) is 5.92 Å². The molecule has 3 N–H and O–H groups in total. The van der Waals surface area contributed by atoms with Crippen molar-refractivity contribution in [3.63, 3.8) is 0 Å². The molecule has 1 saturated carbocycles. The Balaban J connectivity index is 1.24. The van der Waals surface area contributed by atoms with Crippen LogP contribution in [0.5, 0.6) is 0 Å². The smallest absolute Gasteiger partial charge is 0.410 e. The lowest BCUT2D eigenvalue weighted by molar-refractivity contribution is -0.141. The minimum atomic E-state index is -4.27. The molecule has 1 aliphatic carbocycles. The van der Waals surface area contributed by atoms with Crippen molar-refractivity contribution in [3.05, 3.63) is 69.0 Å². The molecule has 6 rings (SSSR count). The number of hydrogen-bond donors (Lipinski definition) is 3. The first kappa shape index (κ1) is 42.5. The summed E-state index contributed by atoms with van der Waals surface area (Å²) in [5.74, 6) is -3.68. The third-order valence-electron chi connectivity index (χ3n) is 10.8. The van der Waals surface area contributed by atoms with Crippen LogP contribution in [0.4, 0.5) is 14.0 Å². The Morgan fingerprint density at radius 2 is 1.72 bits per heavy atom. The van der Waals surface area contributed by atoms with Gasteiger partial charge in [0.1, 0.15) is 35.1 Å². The van der Waals surface area contributed by atoms with Gasteiger partial charge in [0.2, 0.25) is 21.8 Å². The number of sulfonamides is 1. The standard InChI is InChI=1S/C39H48Cl2FN5O9S/c1-38(2,3)56-36(51)43-31-13-8-6-4-5-7-11-25-18-39(25,35(50)45-57(53,54)22-23-14-15-28(40)29(41)16-23)44-33(48)32-17-26(20-47(32)34(31)49)55-37(52)46-19-24-10-9-12-30(42)27(24)21-46/h9-10,12,14-16,25-26,31-32H,4-8,11,13,17-22H2,1-3H3,(H,43,51)(H,44,48)(H,45,50)/t25-,26-,31+,32+,39-/m1/s1. The van der Waals surface area contributed by atoms with Gasteiger partial charge in [0, 0.05) is 18.5 Å². The molecule has 0 spiro atoms. The number of carbonyl (C=O) groups excluding carboxylic acids is 5. The fourth-order valence-corrected chi connectivity index (χ4v) is 9.34. The van der Waals surface area contributed by atoms with Crippen LogP contribution in [-0.4, -0.2) is 84.0 Å². The van der Waals surface area contributed by atoms with Gasteiger partial charge in [-0.2, -0.15) is 0 Å². The van der Waals surface area contributed by atoms with E-state index in [9.17, 15) is 36.8 Å². The molecule has 3 fully saturated rings. The summed E-state index contributed by atoms with van der Waals surface area (Å²) >= 11 is 12.1. The van der Waals surface area contributed by atoms with Crippen LogP contribution in [0.1, 0.15) is 95.2 Å². The maximum Gasteiger partial charge on any atom is 0.410 e. The Kier molecular flexibility index (Phi) is 12.6. The second-order valence-corrected chi connectivity index (χ2v) is 18.9. The second kappa shape index (κ2) is 17.0. The predicted molar refractivity (Wildman–Crippen MR) is 208 cm³/mol. The van der Waals surface area contributed by atoms with E-state index in [1.54, 1.807) is 32.9 Å². The molecule has 2 aromatic carbocycles. The molecule has 3 heterocycles. The summed E-state index contributed by atoms with van der Waals surface area (Å²) in [6.07, 6.45) is 1.85. The van der Waals surface area contributed by atoms with E-state index in [0.717, 1.165) is 19.3 Å². The van der Waals surface area contributed by atoms with Crippen molar-refractivity contribution in [1.29, 1.82) is 0 Å². The molecule has 310 valence electrons. The van der Waals surface area contributed by atoms with Crippen molar-refractivity contribution in [2.45, 2.75) is 127 Å². The van der Waals surface area contributed by atoms with Crippen molar-refractivity contribution in [2.75, 3.05) is 6.54 Å². The van der Waals surface area contributed by atoms with Crippen LogP contribution in [0, 0.1) is 11.7 Å². The van der Waals surface area contributed by atoms with Gasteiger partial charge in [-0.25, -0.2) is 22.4 Å². The number of nitrogens with zero attached hydrogens (tertiary/aromatic N) is 2. The molecular formula is C39H48Cl2FN5O9S. The highest BCUT2D eigenvalue weighted by Crippen LogP contribution is 2.48. The molecule has 14 nitrogen and oxygen atoms in total. The van der Waals surface area contributed by atoms with Crippen molar-refractivity contribution in [1.82, 2.24) is 25.2 Å². The lowest BCUT2D eigenvalue weighted by Gasteiger charge is -2.30. The van der Waals surface area contributed by atoms with Crippen molar-refractivity contribution >= 4 is 63.1 Å².